The molecule has 4 nitrogen and oxygen atoms in total. The molecule has 1 aromatic rings. The Labute approximate surface area is 125 Å². The molecule has 2 heterocycles. The molecule has 0 radical (unpaired) electrons. The lowest BCUT2D eigenvalue weighted by molar-refractivity contribution is 0.326. The highest BCUT2D eigenvalue weighted by Crippen LogP contribution is 2.31. The number of nitrogens with zero attached hydrogens (tertiary/aromatic N) is 2. The highest BCUT2D eigenvalue weighted by Gasteiger charge is 2.18. The number of hydrogen-bond acceptors (Lipinski definition) is 5. The molecule has 1 atom stereocenters. The summed E-state index contributed by atoms with van der Waals surface area (Å²) in [6.07, 6.45) is 10.3. The molecule has 0 amide bonds. The van der Waals surface area contributed by atoms with Crippen LogP contribution in [0.15, 0.2) is 4.52 Å². The zero-order valence-corrected chi connectivity index (χ0v) is 13.0. The third-order valence-electron chi connectivity index (χ3n) is 4.43. The van der Waals surface area contributed by atoms with Crippen molar-refractivity contribution in [2.45, 2.75) is 62.4 Å². The highest BCUT2D eigenvalue weighted by molar-refractivity contribution is 7.99. The first kappa shape index (κ1) is 14.4. The van der Waals surface area contributed by atoms with Crippen LogP contribution in [0.2, 0.25) is 0 Å². The van der Waals surface area contributed by atoms with Gasteiger partial charge in [0.2, 0.25) is 5.89 Å². The number of thioether (sulfide) groups is 1. The standard InChI is InChI=1S/C15H25N3OS/c1-2-6-13(5-1)20-11-14-17-15(19-18-14)8-7-12-4-3-9-16-10-12/h12-13,16H,1-11H2. The second kappa shape index (κ2) is 7.46. The Balaban J connectivity index is 1.39. The number of aromatic nitrogens is 2. The summed E-state index contributed by atoms with van der Waals surface area (Å²) in [6, 6.07) is 0. The minimum Gasteiger partial charge on any atom is -0.339 e. The summed E-state index contributed by atoms with van der Waals surface area (Å²) in [5.41, 5.74) is 0. The fourth-order valence-corrected chi connectivity index (χ4v) is 4.36. The lowest BCUT2D eigenvalue weighted by Crippen LogP contribution is -2.29. The van der Waals surface area contributed by atoms with Crippen LogP contribution in [0.4, 0.5) is 0 Å². The molecule has 3 rings (SSSR count). The van der Waals surface area contributed by atoms with Gasteiger partial charge in [-0.2, -0.15) is 16.7 Å². The summed E-state index contributed by atoms with van der Waals surface area (Å²) >= 11 is 2.00. The second-order valence-corrected chi connectivity index (χ2v) is 7.36. The minimum absolute atomic E-state index is 0.784. The van der Waals surface area contributed by atoms with Gasteiger partial charge in [-0.25, -0.2) is 0 Å². The van der Waals surface area contributed by atoms with Gasteiger partial charge in [0.05, 0.1) is 5.75 Å². The molecule has 1 aromatic heterocycles. The maximum atomic E-state index is 5.38. The third-order valence-corrected chi connectivity index (χ3v) is 5.79. The predicted octanol–water partition coefficient (Wildman–Crippen LogP) is 3.18. The molecule has 0 spiro atoms. The van der Waals surface area contributed by atoms with E-state index in [9.17, 15) is 0 Å². The van der Waals surface area contributed by atoms with Gasteiger partial charge in [-0.05, 0) is 51.1 Å². The van der Waals surface area contributed by atoms with Crippen molar-refractivity contribution in [3.63, 3.8) is 0 Å². The summed E-state index contributed by atoms with van der Waals surface area (Å²) in [4.78, 5) is 4.54. The second-order valence-electron chi connectivity index (χ2n) is 6.07. The molecule has 0 bridgehead atoms. The van der Waals surface area contributed by atoms with E-state index >= 15 is 0 Å². The van der Waals surface area contributed by atoms with E-state index in [0.717, 1.165) is 41.6 Å². The van der Waals surface area contributed by atoms with Crippen molar-refractivity contribution in [3.8, 4) is 0 Å². The third kappa shape index (κ3) is 4.22. The molecule has 1 saturated heterocycles. The van der Waals surface area contributed by atoms with Gasteiger partial charge >= 0.3 is 0 Å². The summed E-state index contributed by atoms with van der Waals surface area (Å²) in [5, 5.41) is 8.40. The lowest BCUT2D eigenvalue weighted by atomic mass is 9.95. The number of nitrogens with one attached hydrogen (secondary N) is 1. The van der Waals surface area contributed by atoms with Crippen LogP contribution in [0.5, 0.6) is 0 Å². The maximum absolute atomic E-state index is 5.38. The average molecular weight is 295 g/mol. The van der Waals surface area contributed by atoms with Gasteiger partial charge in [0.25, 0.3) is 0 Å². The molecule has 1 saturated carbocycles. The van der Waals surface area contributed by atoms with E-state index < -0.39 is 0 Å². The first-order valence-electron chi connectivity index (χ1n) is 8.04. The van der Waals surface area contributed by atoms with E-state index in [-0.39, 0.29) is 0 Å². The van der Waals surface area contributed by atoms with Crippen LogP contribution in [-0.2, 0) is 12.2 Å². The Morgan fingerprint density at radius 2 is 2.10 bits per heavy atom. The summed E-state index contributed by atoms with van der Waals surface area (Å²) in [5.74, 6) is 3.42. The zero-order chi connectivity index (χ0) is 13.6. The molecule has 2 fully saturated rings. The van der Waals surface area contributed by atoms with Crippen molar-refractivity contribution in [3.05, 3.63) is 11.7 Å². The van der Waals surface area contributed by atoms with E-state index in [4.69, 9.17) is 4.52 Å². The van der Waals surface area contributed by atoms with Crippen LogP contribution in [0, 0.1) is 5.92 Å². The van der Waals surface area contributed by atoms with Crippen molar-refractivity contribution in [1.82, 2.24) is 15.5 Å². The van der Waals surface area contributed by atoms with Crippen LogP contribution < -0.4 is 5.32 Å². The first-order chi connectivity index (χ1) is 9.90. The smallest absolute Gasteiger partial charge is 0.226 e. The quantitative estimate of drug-likeness (QED) is 0.873. The number of rotatable bonds is 6. The molecule has 20 heavy (non-hydrogen) atoms. The summed E-state index contributed by atoms with van der Waals surface area (Å²) in [6.45, 7) is 2.33. The summed E-state index contributed by atoms with van der Waals surface area (Å²) in [7, 11) is 0. The molecule has 5 heteroatoms. The Bertz CT molecular complexity index is 398. The summed E-state index contributed by atoms with van der Waals surface area (Å²) < 4.78 is 5.38. The van der Waals surface area contributed by atoms with Crippen LogP contribution in [0.1, 0.15) is 56.7 Å². The normalized spacial score (nSPS) is 24.3. The Hall–Kier alpha value is -0.550. The van der Waals surface area contributed by atoms with E-state index in [1.807, 2.05) is 11.8 Å². The largest absolute Gasteiger partial charge is 0.339 e. The molecule has 1 aliphatic carbocycles. The van der Waals surface area contributed by atoms with Crippen LogP contribution in [-0.4, -0.2) is 28.5 Å². The number of hydrogen-bond donors (Lipinski definition) is 1. The van der Waals surface area contributed by atoms with Crippen LogP contribution in [0.25, 0.3) is 0 Å². The van der Waals surface area contributed by atoms with Crippen LogP contribution >= 0.6 is 11.8 Å². The van der Waals surface area contributed by atoms with Gasteiger partial charge in [0, 0.05) is 11.7 Å². The van der Waals surface area contributed by atoms with E-state index in [1.165, 1.54) is 51.5 Å². The fraction of sp³-hybridized carbons (Fsp3) is 0.867. The van der Waals surface area contributed by atoms with E-state index in [0.29, 0.717) is 0 Å². The van der Waals surface area contributed by atoms with Crippen molar-refractivity contribution in [2.75, 3.05) is 13.1 Å². The van der Waals surface area contributed by atoms with Gasteiger partial charge in [0.15, 0.2) is 5.82 Å². The van der Waals surface area contributed by atoms with E-state index in [1.54, 1.807) is 0 Å². The fourth-order valence-electron chi connectivity index (χ4n) is 3.20. The lowest BCUT2D eigenvalue weighted by Gasteiger charge is -2.21. The monoisotopic (exact) mass is 295 g/mol. The highest BCUT2D eigenvalue weighted by atomic mass is 32.2. The van der Waals surface area contributed by atoms with Gasteiger partial charge in [-0.15, -0.1) is 0 Å². The first-order valence-corrected chi connectivity index (χ1v) is 9.09. The molecular weight excluding hydrogens is 270 g/mol. The number of aryl methyl sites for hydroxylation is 1. The molecular formula is C15H25N3OS. The van der Waals surface area contributed by atoms with Gasteiger partial charge in [0.1, 0.15) is 0 Å². The molecule has 1 unspecified atom stereocenters. The molecule has 1 N–H and O–H groups in total. The molecule has 1 aliphatic heterocycles. The van der Waals surface area contributed by atoms with Gasteiger partial charge in [-0.3, -0.25) is 0 Å². The zero-order valence-electron chi connectivity index (χ0n) is 12.1. The Kier molecular flexibility index (Phi) is 5.36. The van der Waals surface area contributed by atoms with Crippen molar-refractivity contribution < 1.29 is 4.52 Å². The topological polar surface area (TPSA) is 51.0 Å². The maximum Gasteiger partial charge on any atom is 0.226 e. The minimum atomic E-state index is 0.784. The van der Waals surface area contributed by atoms with Gasteiger partial charge < -0.3 is 9.84 Å². The number of piperidine rings is 1. The predicted molar refractivity (Wildman–Crippen MR) is 81.8 cm³/mol. The van der Waals surface area contributed by atoms with Crippen molar-refractivity contribution >= 4 is 11.8 Å². The molecule has 0 aromatic carbocycles. The van der Waals surface area contributed by atoms with Crippen LogP contribution in [0.3, 0.4) is 0 Å². The Morgan fingerprint density at radius 3 is 2.90 bits per heavy atom. The van der Waals surface area contributed by atoms with Crippen molar-refractivity contribution in [1.29, 1.82) is 0 Å². The molecule has 2 aliphatic rings. The molecule has 112 valence electrons. The van der Waals surface area contributed by atoms with Crippen molar-refractivity contribution in [2.24, 2.45) is 5.92 Å². The Morgan fingerprint density at radius 1 is 1.20 bits per heavy atom. The SMILES string of the molecule is C1CNCC(CCc2nc(CSC3CCCC3)no2)C1. The van der Waals surface area contributed by atoms with Gasteiger partial charge in [-0.1, -0.05) is 18.0 Å². The average Bonchev–Trinajstić information content (AvgIpc) is 3.16. The van der Waals surface area contributed by atoms with E-state index in [2.05, 4.69) is 15.5 Å².